The summed E-state index contributed by atoms with van der Waals surface area (Å²) in [6.45, 7) is 4.37. The zero-order valence-electron chi connectivity index (χ0n) is 12.5. The summed E-state index contributed by atoms with van der Waals surface area (Å²) >= 11 is 1.71. The number of carbonyl (C=O) groups is 1. The molecule has 0 unspecified atom stereocenters. The molecule has 118 valence electrons. The number of aryl methyl sites for hydroxylation is 1. The largest absolute Gasteiger partial charge is 0.355 e. The minimum atomic E-state index is 0. The van der Waals surface area contributed by atoms with Gasteiger partial charge in [-0.1, -0.05) is 30.3 Å². The molecule has 0 aliphatic carbocycles. The van der Waals surface area contributed by atoms with Gasteiger partial charge in [-0.3, -0.25) is 4.79 Å². The van der Waals surface area contributed by atoms with Crippen LogP contribution in [-0.4, -0.2) is 30.5 Å². The molecule has 1 aromatic heterocycles. The van der Waals surface area contributed by atoms with Crippen LogP contribution in [0.3, 0.4) is 0 Å². The van der Waals surface area contributed by atoms with Crippen molar-refractivity contribution < 1.29 is 4.79 Å². The first-order chi connectivity index (χ1) is 10.2. The van der Waals surface area contributed by atoms with Crippen molar-refractivity contribution >= 4 is 29.7 Å². The second kappa shape index (κ2) is 7.72. The Bertz CT molecular complexity index is 626. The first kappa shape index (κ1) is 16.9. The van der Waals surface area contributed by atoms with Crippen LogP contribution in [0.4, 0.5) is 0 Å². The molecule has 0 radical (unpaired) electrons. The lowest BCUT2D eigenvalue weighted by atomic mass is 10.0. The molecule has 1 aliphatic rings. The summed E-state index contributed by atoms with van der Waals surface area (Å²) in [6, 6.07) is 10.2. The van der Waals surface area contributed by atoms with Crippen molar-refractivity contribution in [2.75, 3.05) is 19.6 Å². The molecule has 1 aliphatic heterocycles. The van der Waals surface area contributed by atoms with Crippen LogP contribution in [0.5, 0.6) is 0 Å². The molecule has 3 rings (SSSR count). The summed E-state index contributed by atoms with van der Waals surface area (Å²) in [5.74, 6) is 0.313. The minimum absolute atomic E-state index is 0. The third kappa shape index (κ3) is 3.85. The van der Waals surface area contributed by atoms with Gasteiger partial charge in [0.25, 0.3) is 0 Å². The molecular formula is C16H20ClN3OS. The smallest absolute Gasteiger partial charge is 0.225 e. The molecule has 2 N–H and O–H groups in total. The maximum Gasteiger partial charge on any atom is 0.225 e. The average molecular weight is 338 g/mol. The molecule has 1 saturated heterocycles. The van der Waals surface area contributed by atoms with E-state index in [4.69, 9.17) is 4.98 Å². The number of hydrogen-bond donors (Lipinski definition) is 2. The van der Waals surface area contributed by atoms with E-state index in [1.165, 1.54) is 4.88 Å². The lowest BCUT2D eigenvalue weighted by Crippen LogP contribution is -2.51. The Morgan fingerprint density at radius 2 is 2.09 bits per heavy atom. The van der Waals surface area contributed by atoms with Gasteiger partial charge in [0, 0.05) is 36.5 Å². The molecule has 1 amide bonds. The highest BCUT2D eigenvalue weighted by Gasteiger charge is 2.24. The number of nitrogens with zero attached hydrogens (tertiary/aromatic N) is 1. The maximum atomic E-state index is 11.7. The quantitative estimate of drug-likeness (QED) is 0.881. The summed E-state index contributed by atoms with van der Waals surface area (Å²) in [6.07, 6.45) is 0.796. The first-order valence-electron chi connectivity index (χ1n) is 7.24. The number of amides is 1. The summed E-state index contributed by atoms with van der Waals surface area (Å²) in [5, 5.41) is 7.18. The van der Waals surface area contributed by atoms with Gasteiger partial charge < -0.3 is 10.6 Å². The predicted octanol–water partition coefficient (Wildman–Crippen LogP) is 2.42. The molecule has 1 aromatic carbocycles. The van der Waals surface area contributed by atoms with Crippen molar-refractivity contribution in [1.29, 1.82) is 0 Å². The molecule has 0 bridgehead atoms. The molecule has 2 heterocycles. The predicted molar refractivity (Wildman–Crippen MR) is 92.6 cm³/mol. The van der Waals surface area contributed by atoms with E-state index in [0.717, 1.165) is 35.8 Å². The summed E-state index contributed by atoms with van der Waals surface area (Å²) < 4.78 is 0. The Kier molecular flexibility index (Phi) is 5.94. The summed E-state index contributed by atoms with van der Waals surface area (Å²) in [4.78, 5) is 17.7. The second-order valence-electron chi connectivity index (χ2n) is 5.27. The van der Waals surface area contributed by atoms with Gasteiger partial charge in [-0.05, 0) is 6.92 Å². The lowest BCUT2D eigenvalue weighted by molar-refractivity contribution is -0.126. The number of rotatable bonds is 5. The first-order valence-corrected chi connectivity index (χ1v) is 8.06. The van der Waals surface area contributed by atoms with Crippen LogP contribution < -0.4 is 10.6 Å². The van der Waals surface area contributed by atoms with Crippen LogP contribution in [0.15, 0.2) is 30.3 Å². The van der Waals surface area contributed by atoms with Crippen molar-refractivity contribution in [2.45, 2.75) is 13.3 Å². The van der Waals surface area contributed by atoms with Crippen molar-refractivity contribution in [3.63, 3.8) is 0 Å². The van der Waals surface area contributed by atoms with E-state index in [9.17, 15) is 4.79 Å². The van der Waals surface area contributed by atoms with Crippen LogP contribution >= 0.6 is 23.7 Å². The normalized spacial score (nSPS) is 14.0. The zero-order valence-corrected chi connectivity index (χ0v) is 14.1. The van der Waals surface area contributed by atoms with Gasteiger partial charge in [0.1, 0.15) is 0 Å². The summed E-state index contributed by atoms with van der Waals surface area (Å²) in [7, 11) is 0. The van der Waals surface area contributed by atoms with Gasteiger partial charge in [-0.15, -0.1) is 23.7 Å². The molecule has 2 aromatic rings. The van der Waals surface area contributed by atoms with E-state index in [0.29, 0.717) is 6.54 Å². The average Bonchev–Trinajstić information content (AvgIpc) is 2.79. The molecule has 0 spiro atoms. The second-order valence-corrected chi connectivity index (χ2v) is 6.56. The van der Waals surface area contributed by atoms with Crippen LogP contribution in [0.25, 0.3) is 11.3 Å². The van der Waals surface area contributed by atoms with E-state index in [-0.39, 0.29) is 24.2 Å². The lowest BCUT2D eigenvalue weighted by Gasteiger charge is -2.25. The third-order valence-corrected chi connectivity index (χ3v) is 4.71. The van der Waals surface area contributed by atoms with Crippen LogP contribution in [0.1, 0.15) is 9.88 Å². The number of benzene rings is 1. The molecule has 0 atom stereocenters. The van der Waals surface area contributed by atoms with Gasteiger partial charge in [-0.25, -0.2) is 4.98 Å². The van der Waals surface area contributed by atoms with Crippen molar-refractivity contribution in [1.82, 2.24) is 15.6 Å². The number of halogens is 1. The fourth-order valence-corrected chi connectivity index (χ4v) is 3.29. The zero-order chi connectivity index (χ0) is 14.7. The molecule has 4 nitrogen and oxygen atoms in total. The standard InChI is InChI=1S/C16H19N3OS.ClH/c1-11-15(12-5-3-2-4-6-12)19-14(21-11)7-8-18-16(20)13-9-17-10-13;/h2-6,13,17H,7-10H2,1H3,(H,18,20);1H. The number of thiazole rings is 1. The van der Waals surface area contributed by atoms with Crippen LogP contribution in [0.2, 0.25) is 0 Å². The Balaban J connectivity index is 0.00000176. The molecular weight excluding hydrogens is 318 g/mol. The molecule has 6 heteroatoms. The number of carbonyl (C=O) groups excluding carboxylic acids is 1. The Labute approximate surface area is 140 Å². The number of aromatic nitrogens is 1. The Hall–Kier alpha value is -1.43. The van der Waals surface area contributed by atoms with E-state index in [1.54, 1.807) is 11.3 Å². The van der Waals surface area contributed by atoms with Crippen LogP contribution in [-0.2, 0) is 11.2 Å². The van der Waals surface area contributed by atoms with E-state index >= 15 is 0 Å². The fraction of sp³-hybridized carbons (Fsp3) is 0.375. The SMILES string of the molecule is Cc1sc(CCNC(=O)C2CNC2)nc1-c1ccccc1.Cl. The van der Waals surface area contributed by atoms with Gasteiger partial charge in [0.15, 0.2) is 0 Å². The molecule has 22 heavy (non-hydrogen) atoms. The Morgan fingerprint density at radius 3 is 2.73 bits per heavy atom. The highest BCUT2D eigenvalue weighted by atomic mass is 35.5. The van der Waals surface area contributed by atoms with E-state index in [1.807, 2.05) is 18.2 Å². The highest BCUT2D eigenvalue weighted by molar-refractivity contribution is 7.12. The third-order valence-electron chi connectivity index (χ3n) is 3.68. The minimum Gasteiger partial charge on any atom is -0.355 e. The highest BCUT2D eigenvalue weighted by Crippen LogP contribution is 2.27. The van der Waals surface area contributed by atoms with Gasteiger partial charge in [0.2, 0.25) is 5.91 Å². The van der Waals surface area contributed by atoms with E-state index < -0.39 is 0 Å². The summed E-state index contributed by atoms with van der Waals surface area (Å²) in [5.41, 5.74) is 2.21. The van der Waals surface area contributed by atoms with Crippen LogP contribution in [0, 0.1) is 12.8 Å². The molecule has 1 fully saturated rings. The fourth-order valence-electron chi connectivity index (χ4n) is 2.33. The van der Waals surface area contributed by atoms with Gasteiger partial charge >= 0.3 is 0 Å². The number of hydrogen-bond acceptors (Lipinski definition) is 4. The van der Waals surface area contributed by atoms with Crippen molar-refractivity contribution in [3.05, 3.63) is 40.2 Å². The number of nitrogens with one attached hydrogen (secondary N) is 2. The molecule has 0 saturated carbocycles. The van der Waals surface area contributed by atoms with Crippen molar-refractivity contribution in [2.24, 2.45) is 5.92 Å². The monoisotopic (exact) mass is 337 g/mol. The maximum absolute atomic E-state index is 11.7. The van der Waals surface area contributed by atoms with Crippen molar-refractivity contribution in [3.8, 4) is 11.3 Å². The van der Waals surface area contributed by atoms with Gasteiger partial charge in [-0.2, -0.15) is 0 Å². The van der Waals surface area contributed by atoms with E-state index in [2.05, 4.69) is 29.7 Å². The topological polar surface area (TPSA) is 54.0 Å². The van der Waals surface area contributed by atoms with Gasteiger partial charge in [0.05, 0.1) is 16.6 Å². The Morgan fingerprint density at radius 1 is 1.36 bits per heavy atom.